The molecule has 4 heteroatoms. The maximum Gasteiger partial charge on any atom is 0.0693 e. The van der Waals surface area contributed by atoms with Gasteiger partial charge in [0.2, 0.25) is 0 Å². The Labute approximate surface area is 96.7 Å². The van der Waals surface area contributed by atoms with Crippen LogP contribution in [0.1, 0.15) is 36.9 Å². The van der Waals surface area contributed by atoms with Crippen molar-refractivity contribution in [3.8, 4) is 0 Å². The van der Waals surface area contributed by atoms with E-state index in [0.717, 1.165) is 25.8 Å². The van der Waals surface area contributed by atoms with E-state index in [2.05, 4.69) is 17.3 Å². The van der Waals surface area contributed by atoms with Crippen LogP contribution in [0.5, 0.6) is 0 Å². The molecule has 4 nitrogen and oxygen atoms in total. The molecule has 0 unspecified atom stereocenters. The van der Waals surface area contributed by atoms with Crippen molar-refractivity contribution in [2.45, 2.75) is 51.3 Å². The Morgan fingerprint density at radius 2 is 2.25 bits per heavy atom. The Bertz CT molecular complexity index is 348. The van der Waals surface area contributed by atoms with Gasteiger partial charge in [-0.2, -0.15) is 5.10 Å². The van der Waals surface area contributed by atoms with E-state index < -0.39 is 0 Å². The van der Waals surface area contributed by atoms with Crippen LogP contribution in [0.15, 0.2) is 6.20 Å². The largest absolute Gasteiger partial charge is 0.392 e. The number of hydrogen-bond acceptors (Lipinski definition) is 3. The number of rotatable bonds is 3. The van der Waals surface area contributed by atoms with E-state index in [1.807, 2.05) is 17.9 Å². The van der Waals surface area contributed by atoms with Crippen LogP contribution in [-0.2, 0) is 13.6 Å². The SMILES string of the molecule is Cc1c(CN[C@@H]2CCCC[C@H]2O)cnn1C. The van der Waals surface area contributed by atoms with Gasteiger partial charge in [0.1, 0.15) is 0 Å². The average molecular weight is 223 g/mol. The standard InChI is InChI=1S/C12H21N3O/c1-9-10(8-14-15(9)2)7-13-11-5-3-4-6-12(11)16/h8,11-13,16H,3-7H2,1-2H3/t11-,12-/m1/s1. The highest BCUT2D eigenvalue weighted by Crippen LogP contribution is 2.19. The van der Waals surface area contributed by atoms with Gasteiger partial charge in [-0.25, -0.2) is 0 Å². The number of hydrogen-bond donors (Lipinski definition) is 2. The maximum absolute atomic E-state index is 9.84. The molecule has 2 rings (SSSR count). The zero-order valence-electron chi connectivity index (χ0n) is 10.1. The van der Waals surface area contributed by atoms with E-state index in [4.69, 9.17) is 0 Å². The van der Waals surface area contributed by atoms with E-state index >= 15 is 0 Å². The van der Waals surface area contributed by atoms with Gasteiger partial charge in [-0.3, -0.25) is 4.68 Å². The lowest BCUT2D eigenvalue weighted by molar-refractivity contribution is 0.0902. The van der Waals surface area contributed by atoms with Crippen molar-refractivity contribution in [1.82, 2.24) is 15.1 Å². The van der Waals surface area contributed by atoms with Crippen molar-refractivity contribution < 1.29 is 5.11 Å². The van der Waals surface area contributed by atoms with E-state index in [0.29, 0.717) is 0 Å². The van der Waals surface area contributed by atoms with Crippen LogP contribution in [0.2, 0.25) is 0 Å². The first-order valence-electron chi connectivity index (χ1n) is 6.07. The highest BCUT2D eigenvalue weighted by molar-refractivity contribution is 5.15. The van der Waals surface area contributed by atoms with E-state index in [1.165, 1.54) is 17.7 Å². The number of aromatic nitrogens is 2. The van der Waals surface area contributed by atoms with Crippen LogP contribution in [-0.4, -0.2) is 27.0 Å². The molecule has 0 radical (unpaired) electrons. The number of aryl methyl sites for hydroxylation is 1. The number of nitrogens with zero attached hydrogens (tertiary/aromatic N) is 2. The highest BCUT2D eigenvalue weighted by atomic mass is 16.3. The average Bonchev–Trinajstić information content (AvgIpc) is 2.59. The molecule has 2 N–H and O–H groups in total. The van der Waals surface area contributed by atoms with Gasteiger partial charge in [0.25, 0.3) is 0 Å². The summed E-state index contributed by atoms with van der Waals surface area (Å²) in [5.41, 5.74) is 2.41. The third kappa shape index (κ3) is 2.44. The van der Waals surface area contributed by atoms with Gasteiger partial charge in [-0.1, -0.05) is 12.8 Å². The molecule has 0 aromatic carbocycles. The van der Waals surface area contributed by atoms with Gasteiger partial charge < -0.3 is 10.4 Å². The van der Waals surface area contributed by atoms with Crippen molar-refractivity contribution in [2.75, 3.05) is 0 Å². The lowest BCUT2D eigenvalue weighted by Crippen LogP contribution is -2.41. The van der Waals surface area contributed by atoms with Crippen LogP contribution in [0, 0.1) is 6.92 Å². The molecule has 0 amide bonds. The molecular weight excluding hydrogens is 202 g/mol. The molecule has 90 valence electrons. The Morgan fingerprint density at radius 3 is 2.88 bits per heavy atom. The van der Waals surface area contributed by atoms with Gasteiger partial charge >= 0.3 is 0 Å². The third-order valence-corrected chi connectivity index (χ3v) is 3.62. The first-order valence-corrected chi connectivity index (χ1v) is 6.07. The minimum absolute atomic E-state index is 0.175. The number of aliphatic hydroxyl groups is 1. The topological polar surface area (TPSA) is 50.1 Å². The summed E-state index contributed by atoms with van der Waals surface area (Å²) in [4.78, 5) is 0. The predicted octanol–water partition coefficient (Wildman–Crippen LogP) is 1.12. The van der Waals surface area contributed by atoms with Crippen molar-refractivity contribution in [3.63, 3.8) is 0 Å². The second-order valence-corrected chi connectivity index (χ2v) is 4.72. The Hall–Kier alpha value is -0.870. The predicted molar refractivity (Wildman–Crippen MR) is 63.0 cm³/mol. The molecule has 2 atom stereocenters. The fraction of sp³-hybridized carbons (Fsp3) is 0.750. The molecule has 1 saturated carbocycles. The van der Waals surface area contributed by atoms with Gasteiger partial charge in [-0.15, -0.1) is 0 Å². The Balaban J connectivity index is 1.89. The molecule has 1 aliphatic rings. The second-order valence-electron chi connectivity index (χ2n) is 4.72. The first kappa shape index (κ1) is 11.6. The molecule has 1 aromatic rings. The highest BCUT2D eigenvalue weighted by Gasteiger charge is 2.22. The maximum atomic E-state index is 9.84. The van der Waals surface area contributed by atoms with Gasteiger partial charge in [0.05, 0.1) is 12.3 Å². The minimum Gasteiger partial charge on any atom is -0.392 e. The molecule has 1 fully saturated rings. The molecular formula is C12H21N3O. The summed E-state index contributed by atoms with van der Waals surface area (Å²) in [5, 5.41) is 17.5. The van der Waals surface area contributed by atoms with Gasteiger partial charge in [0.15, 0.2) is 0 Å². The summed E-state index contributed by atoms with van der Waals surface area (Å²) in [5.74, 6) is 0. The van der Waals surface area contributed by atoms with Crippen molar-refractivity contribution >= 4 is 0 Å². The molecule has 0 spiro atoms. The second kappa shape index (κ2) is 4.97. The Morgan fingerprint density at radius 1 is 1.50 bits per heavy atom. The summed E-state index contributed by atoms with van der Waals surface area (Å²) in [7, 11) is 1.95. The monoisotopic (exact) mass is 223 g/mol. The van der Waals surface area contributed by atoms with Crippen LogP contribution in [0.4, 0.5) is 0 Å². The quantitative estimate of drug-likeness (QED) is 0.807. The summed E-state index contributed by atoms with van der Waals surface area (Å²) in [6.07, 6.45) is 6.12. The fourth-order valence-electron chi connectivity index (χ4n) is 2.31. The normalized spacial score (nSPS) is 25.9. The summed E-state index contributed by atoms with van der Waals surface area (Å²) >= 11 is 0. The van der Waals surface area contributed by atoms with Crippen molar-refractivity contribution in [2.24, 2.45) is 7.05 Å². The smallest absolute Gasteiger partial charge is 0.0693 e. The summed E-state index contributed by atoms with van der Waals surface area (Å²) < 4.78 is 1.88. The zero-order valence-corrected chi connectivity index (χ0v) is 10.1. The number of nitrogens with one attached hydrogen (secondary N) is 1. The summed E-state index contributed by atoms with van der Waals surface area (Å²) in [6, 6.07) is 0.258. The number of aliphatic hydroxyl groups excluding tert-OH is 1. The van der Waals surface area contributed by atoms with E-state index in [-0.39, 0.29) is 12.1 Å². The van der Waals surface area contributed by atoms with Crippen LogP contribution < -0.4 is 5.32 Å². The van der Waals surface area contributed by atoms with Crippen LogP contribution >= 0.6 is 0 Å². The van der Waals surface area contributed by atoms with Crippen molar-refractivity contribution in [3.05, 3.63) is 17.5 Å². The van der Waals surface area contributed by atoms with Crippen LogP contribution in [0.25, 0.3) is 0 Å². The molecule has 0 bridgehead atoms. The molecule has 16 heavy (non-hydrogen) atoms. The first-order chi connectivity index (χ1) is 7.68. The molecule has 0 aliphatic heterocycles. The third-order valence-electron chi connectivity index (χ3n) is 3.62. The van der Waals surface area contributed by atoms with E-state index in [1.54, 1.807) is 0 Å². The van der Waals surface area contributed by atoms with Gasteiger partial charge in [-0.05, 0) is 19.8 Å². The minimum atomic E-state index is -0.175. The fourth-order valence-corrected chi connectivity index (χ4v) is 2.31. The van der Waals surface area contributed by atoms with Crippen LogP contribution in [0.3, 0.4) is 0 Å². The lowest BCUT2D eigenvalue weighted by atomic mass is 9.92. The molecule has 1 aromatic heterocycles. The van der Waals surface area contributed by atoms with E-state index in [9.17, 15) is 5.11 Å². The molecule has 0 saturated heterocycles. The zero-order chi connectivity index (χ0) is 11.5. The van der Waals surface area contributed by atoms with Gasteiger partial charge in [0, 0.05) is 30.9 Å². The Kier molecular flexibility index (Phi) is 3.61. The molecule has 1 heterocycles. The van der Waals surface area contributed by atoms with Crippen molar-refractivity contribution in [1.29, 1.82) is 0 Å². The summed E-state index contributed by atoms with van der Waals surface area (Å²) in [6.45, 7) is 2.88. The molecule has 1 aliphatic carbocycles. The lowest BCUT2D eigenvalue weighted by Gasteiger charge is -2.28.